The summed E-state index contributed by atoms with van der Waals surface area (Å²) in [6.07, 6.45) is 2.91. The first-order valence-corrected chi connectivity index (χ1v) is 10.9. The lowest BCUT2D eigenvalue weighted by molar-refractivity contribution is 0.0697. The molecular formula is C26H28N2O4. The minimum absolute atomic E-state index is 0.0101. The van der Waals surface area contributed by atoms with Gasteiger partial charge in [0.15, 0.2) is 0 Å². The van der Waals surface area contributed by atoms with Gasteiger partial charge in [-0.15, -0.1) is 0 Å². The number of rotatable bonds is 8. The Morgan fingerprint density at radius 1 is 1.12 bits per heavy atom. The molecule has 1 saturated carbocycles. The summed E-state index contributed by atoms with van der Waals surface area (Å²) in [6, 6.07) is 16.0. The smallest absolute Gasteiger partial charge is 0.335 e. The summed E-state index contributed by atoms with van der Waals surface area (Å²) in [4.78, 5) is 26.3. The van der Waals surface area contributed by atoms with Gasteiger partial charge in [-0.3, -0.25) is 4.79 Å². The predicted molar refractivity (Wildman–Crippen MR) is 125 cm³/mol. The predicted octanol–water partition coefficient (Wildman–Crippen LogP) is 4.32. The number of carboxylic acid groups (broad SMARTS) is 1. The van der Waals surface area contributed by atoms with Gasteiger partial charge in [0.2, 0.25) is 0 Å². The first-order valence-electron chi connectivity index (χ1n) is 10.9. The Morgan fingerprint density at radius 2 is 1.84 bits per heavy atom. The molecule has 3 aromatic rings. The summed E-state index contributed by atoms with van der Waals surface area (Å²) in [7, 11) is 1.96. The van der Waals surface area contributed by atoms with E-state index in [2.05, 4.69) is 0 Å². The van der Waals surface area contributed by atoms with Crippen molar-refractivity contribution in [3.8, 4) is 5.75 Å². The monoisotopic (exact) mass is 432 g/mol. The largest absolute Gasteiger partial charge is 0.508 e. The number of aromatic nitrogens is 1. The normalized spacial score (nSPS) is 13.2. The molecule has 166 valence electrons. The van der Waals surface area contributed by atoms with E-state index in [1.54, 1.807) is 24.3 Å². The molecule has 1 heterocycles. The van der Waals surface area contributed by atoms with Crippen LogP contribution in [0.3, 0.4) is 0 Å². The fourth-order valence-corrected chi connectivity index (χ4v) is 4.13. The van der Waals surface area contributed by atoms with Gasteiger partial charge < -0.3 is 19.7 Å². The maximum atomic E-state index is 13.1. The Labute approximate surface area is 187 Å². The number of nitrogens with zero attached hydrogens (tertiary/aromatic N) is 2. The Hall–Kier alpha value is -3.54. The lowest BCUT2D eigenvalue weighted by Crippen LogP contribution is -2.31. The maximum absolute atomic E-state index is 13.1. The van der Waals surface area contributed by atoms with E-state index in [4.69, 9.17) is 5.11 Å². The highest BCUT2D eigenvalue weighted by Gasteiger charge is 2.29. The number of hydrogen-bond acceptors (Lipinski definition) is 4. The van der Waals surface area contributed by atoms with Crippen LogP contribution >= 0.6 is 0 Å². The summed E-state index contributed by atoms with van der Waals surface area (Å²) >= 11 is 0. The van der Waals surface area contributed by atoms with E-state index < -0.39 is 5.97 Å². The van der Waals surface area contributed by atoms with Gasteiger partial charge in [0.05, 0.1) is 12.1 Å². The number of phenolic OH excluding ortho intramolecular Hbond substituents is 1. The van der Waals surface area contributed by atoms with Crippen LogP contribution in [0.5, 0.6) is 5.75 Å². The number of carbonyl (C=O) groups is 1. The molecule has 6 heteroatoms. The molecule has 1 aromatic heterocycles. The molecule has 6 nitrogen and oxygen atoms in total. The number of aromatic carboxylic acids is 1. The highest BCUT2D eigenvalue weighted by Crippen LogP contribution is 2.42. The van der Waals surface area contributed by atoms with Crippen molar-refractivity contribution in [2.75, 3.05) is 11.9 Å². The second-order valence-corrected chi connectivity index (χ2v) is 8.59. The molecule has 0 unspecified atom stereocenters. The first kappa shape index (κ1) is 21.7. The van der Waals surface area contributed by atoms with Crippen LogP contribution in [0.1, 0.15) is 51.5 Å². The number of pyridine rings is 1. The highest BCUT2D eigenvalue weighted by molar-refractivity contribution is 5.87. The van der Waals surface area contributed by atoms with E-state index in [0.717, 1.165) is 35.3 Å². The van der Waals surface area contributed by atoms with Crippen LogP contribution in [0.25, 0.3) is 0 Å². The lowest BCUT2D eigenvalue weighted by Gasteiger charge is -2.25. The minimum atomic E-state index is -0.946. The Kier molecular flexibility index (Phi) is 6.04. The average molecular weight is 433 g/mol. The van der Waals surface area contributed by atoms with Gasteiger partial charge in [-0.1, -0.05) is 18.2 Å². The molecule has 4 rings (SSSR count). The van der Waals surface area contributed by atoms with Crippen molar-refractivity contribution in [3.63, 3.8) is 0 Å². The van der Waals surface area contributed by atoms with Crippen molar-refractivity contribution >= 4 is 11.7 Å². The molecule has 0 radical (unpaired) electrons. The molecule has 0 bridgehead atoms. The van der Waals surface area contributed by atoms with Crippen LogP contribution in [0, 0.1) is 6.92 Å². The molecule has 1 fully saturated rings. The van der Waals surface area contributed by atoms with Crippen molar-refractivity contribution in [2.45, 2.75) is 45.2 Å². The molecule has 2 N–H and O–H groups in total. The zero-order chi connectivity index (χ0) is 22.8. The van der Waals surface area contributed by atoms with Gasteiger partial charge in [0, 0.05) is 36.6 Å². The number of aromatic hydroxyl groups is 1. The van der Waals surface area contributed by atoms with Crippen molar-refractivity contribution in [2.24, 2.45) is 0 Å². The third-order valence-electron chi connectivity index (χ3n) is 6.11. The molecule has 0 saturated heterocycles. The Morgan fingerprint density at radius 3 is 2.47 bits per heavy atom. The van der Waals surface area contributed by atoms with Crippen LogP contribution in [0.15, 0.2) is 59.4 Å². The topological polar surface area (TPSA) is 82.8 Å². The van der Waals surface area contributed by atoms with E-state index >= 15 is 0 Å². The third kappa shape index (κ3) is 4.69. The van der Waals surface area contributed by atoms with Gasteiger partial charge in [-0.25, -0.2) is 4.79 Å². The van der Waals surface area contributed by atoms with E-state index in [1.807, 2.05) is 53.8 Å². The Bertz CT molecular complexity index is 1190. The van der Waals surface area contributed by atoms with Gasteiger partial charge >= 0.3 is 5.97 Å². The van der Waals surface area contributed by atoms with Crippen LogP contribution in [-0.4, -0.2) is 27.8 Å². The third-order valence-corrected chi connectivity index (χ3v) is 6.11. The van der Waals surface area contributed by atoms with Gasteiger partial charge in [0.1, 0.15) is 5.75 Å². The maximum Gasteiger partial charge on any atom is 0.335 e. The summed E-state index contributed by atoms with van der Waals surface area (Å²) < 4.78 is 1.88. The number of carboxylic acids is 1. The second-order valence-electron chi connectivity index (χ2n) is 8.59. The SMILES string of the molecule is Cc1cc(C2CC2)c(CN(C)c2cccc(O)c2)n(CCc2ccc(C(=O)O)cc2)c1=O. The summed E-state index contributed by atoms with van der Waals surface area (Å²) in [6.45, 7) is 2.95. The lowest BCUT2D eigenvalue weighted by atomic mass is 10.0. The van der Waals surface area contributed by atoms with Crippen LogP contribution in [0.2, 0.25) is 0 Å². The van der Waals surface area contributed by atoms with E-state index in [9.17, 15) is 14.7 Å². The van der Waals surface area contributed by atoms with E-state index in [-0.39, 0.29) is 16.9 Å². The molecule has 0 atom stereocenters. The number of anilines is 1. The summed E-state index contributed by atoms with van der Waals surface area (Å²) in [5.74, 6) is -0.247. The molecule has 2 aromatic carbocycles. The standard InChI is InChI=1S/C26H28N2O4/c1-17-14-23(19-10-11-19)24(16-27(2)21-4-3-5-22(29)15-21)28(25(17)30)13-12-18-6-8-20(9-7-18)26(31)32/h3-9,14-15,19,29H,10-13,16H2,1-2H3,(H,31,32). The average Bonchev–Trinajstić information content (AvgIpc) is 3.61. The van der Waals surface area contributed by atoms with Gasteiger partial charge in [0.25, 0.3) is 5.56 Å². The molecule has 1 aliphatic rings. The van der Waals surface area contributed by atoms with Gasteiger partial charge in [-0.2, -0.15) is 0 Å². The molecule has 0 spiro atoms. The van der Waals surface area contributed by atoms with E-state index in [0.29, 0.717) is 25.4 Å². The zero-order valence-corrected chi connectivity index (χ0v) is 18.4. The van der Waals surface area contributed by atoms with Crippen molar-refractivity contribution in [1.82, 2.24) is 4.57 Å². The second kappa shape index (κ2) is 8.91. The molecule has 1 aliphatic carbocycles. The summed E-state index contributed by atoms with van der Waals surface area (Å²) in [5.41, 5.74) is 5.13. The molecular weight excluding hydrogens is 404 g/mol. The minimum Gasteiger partial charge on any atom is -0.508 e. The fourth-order valence-electron chi connectivity index (χ4n) is 4.13. The number of hydrogen-bond donors (Lipinski definition) is 2. The number of phenols is 1. The molecule has 0 amide bonds. The Balaban J connectivity index is 1.66. The van der Waals surface area contributed by atoms with Gasteiger partial charge in [-0.05, 0) is 73.6 Å². The van der Waals surface area contributed by atoms with Crippen molar-refractivity contribution in [3.05, 3.63) is 92.9 Å². The fraction of sp³-hybridized carbons (Fsp3) is 0.308. The van der Waals surface area contributed by atoms with Crippen LogP contribution in [0.4, 0.5) is 5.69 Å². The number of aryl methyl sites for hydroxylation is 2. The summed E-state index contributed by atoms with van der Waals surface area (Å²) in [5, 5.41) is 19.0. The van der Waals surface area contributed by atoms with E-state index in [1.165, 1.54) is 5.56 Å². The molecule has 32 heavy (non-hydrogen) atoms. The van der Waals surface area contributed by atoms with Crippen LogP contribution < -0.4 is 10.5 Å². The highest BCUT2D eigenvalue weighted by atomic mass is 16.4. The molecule has 0 aliphatic heterocycles. The first-order chi connectivity index (χ1) is 15.3. The van der Waals surface area contributed by atoms with Crippen molar-refractivity contribution < 1.29 is 15.0 Å². The van der Waals surface area contributed by atoms with Crippen LogP contribution in [-0.2, 0) is 19.5 Å². The zero-order valence-electron chi connectivity index (χ0n) is 18.4. The quantitative estimate of drug-likeness (QED) is 0.554. The number of benzene rings is 2. The van der Waals surface area contributed by atoms with Crippen molar-refractivity contribution in [1.29, 1.82) is 0 Å².